The molecule has 0 unspecified atom stereocenters. The van der Waals surface area contributed by atoms with Gasteiger partial charge in [0.1, 0.15) is 0 Å². The van der Waals surface area contributed by atoms with Gasteiger partial charge in [-0.15, -0.1) is 0 Å². The van der Waals surface area contributed by atoms with E-state index < -0.39 is 17.6 Å². The SMILES string of the molecule is Cc1ccccc1C(=O)Nc1cc(C(F)(F)F)ccc1N1CCCCCC1. The normalized spacial score (nSPS) is 15.3. The molecule has 0 atom stereocenters. The van der Waals surface area contributed by atoms with Crippen LogP contribution in [0.25, 0.3) is 0 Å². The largest absolute Gasteiger partial charge is 0.416 e. The topological polar surface area (TPSA) is 32.3 Å². The molecule has 1 amide bonds. The summed E-state index contributed by atoms with van der Waals surface area (Å²) in [6.45, 7) is 3.36. The van der Waals surface area contributed by atoms with E-state index in [2.05, 4.69) is 10.2 Å². The number of nitrogens with one attached hydrogen (secondary N) is 1. The summed E-state index contributed by atoms with van der Waals surface area (Å²) in [5.74, 6) is -0.400. The Morgan fingerprint density at radius 3 is 2.30 bits per heavy atom. The molecule has 6 heteroatoms. The number of alkyl halides is 3. The Hall–Kier alpha value is -2.50. The van der Waals surface area contributed by atoms with Crippen LogP contribution in [0.15, 0.2) is 42.5 Å². The molecule has 1 saturated heterocycles. The first-order chi connectivity index (χ1) is 12.9. The average molecular weight is 376 g/mol. The van der Waals surface area contributed by atoms with E-state index in [9.17, 15) is 18.0 Å². The Balaban J connectivity index is 1.96. The lowest BCUT2D eigenvalue weighted by Crippen LogP contribution is -2.26. The summed E-state index contributed by atoms with van der Waals surface area (Å²) in [5, 5.41) is 2.72. The predicted octanol–water partition coefficient (Wildman–Crippen LogP) is 5.65. The van der Waals surface area contributed by atoms with Gasteiger partial charge in [0.25, 0.3) is 5.91 Å². The summed E-state index contributed by atoms with van der Waals surface area (Å²) in [7, 11) is 0. The van der Waals surface area contributed by atoms with Gasteiger partial charge in [-0.1, -0.05) is 31.0 Å². The van der Waals surface area contributed by atoms with Crippen LogP contribution in [0.3, 0.4) is 0 Å². The zero-order valence-electron chi connectivity index (χ0n) is 15.3. The number of amides is 1. The number of hydrogen-bond acceptors (Lipinski definition) is 2. The number of rotatable bonds is 3. The van der Waals surface area contributed by atoms with E-state index in [0.717, 1.165) is 56.5 Å². The van der Waals surface area contributed by atoms with Crippen LogP contribution < -0.4 is 10.2 Å². The second kappa shape index (κ2) is 8.03. The lowest BCUT2D eigenvalue weighted by Gasteiger charge is -2.26. The quantitative estimate of drug-likeness (QED) is 0.751. The number of hydrogen-bond donors (Lipinski definition) is 1. The zero-order chi connectivity index (χ0) is 19.4. The minimum atomic E-state index is -4.46. The molecule has 3 rings (SSSR count). The highest BCUT2D eigenvalue weighted by Gasteiger charge is 2.32. The fraction of sp³-hybridized carbons (Fsp3) is 0.381. The molecular weight excluding hydrogens is 353 g/mol. The van der Waals surface area contributed by atoms with Gasteiger partial charge in [0, 0.05) is 18.7 Å². The van der Waals surface area contributed by atoms with Crippen LogP contribution >= 0.6 is 0 Å². The number of benzene rings is 2. The van der Waals surface area contributed by atoms with Crippen molar-refractivity contribution in [1.82, 2.24) is 0 Å². The van der Waals surface area contributed by atoms with Crippen molar-refractivity contribution in [2.45, 2.75) is 38.8 Å². The summed E-state index contributed by atoms with van der Waals surface area (Å²) < 4.78 is 39.6. The highest BCUT2D eigenvalue weighted by Crippen LogP contribution is 2.36. The standard InChI is InChI=1S/C21H23F3N2O/c1-15-8-4-5-9-17(15)20(27)25-18-14-16(21(22,23)24)10-11-19(18)26-12-6-2-3-7-13-26/h4-5,8-11,14H,2-3,6-7,12-13H2,1H3,(H,25,27). The van der Waals surface area contributed by atoms with Crippen LogP contribution in [0.4, 0.5) is 24.5 Å². The molecule has 1 heterocycles. The Morgan fingerprint density at radius 2 is 1.67 bits per heavy atom. The smallest absolute Gasteiger partial charge is 0.370 e. The molecule has 0 radical (unpaired) electrons. The first-order valence-corrected chi connectivity index (χ1v) is 9.19. The second-order valence-electron chi connectivity index (χ2n) is 6.90. The third-order valence-corrected chi connectivity index (χ3v) is 4.91. The number of nitrogens with zero attached hydrogens (tertiary/aromatic N) is 1. The minimum absolute atomic E-state index is 0.208. The Kier molecular flexibility index (Phi) is 5.73. The molecule has 0 spiro atoms. The van der Waals surface area contributed by atoms with Gasteiger partial charge in [0.15, 0.2) is 0 Å². The Labute approximate surface area is 157 Å². The molecule has 2 aromatic rings. The molecule has 0 aliphatic carbocycles. The van der Waals surface area contributed by atoms with Crippen LogP contribution in [0.5, 0.6) is 0 Å². The first kappa shape index (κ1) is 19.3. The van der Waals surface area contributed by atoms with E-state index >= 15 is 0 Å². The van der Waals surface area contributed by atoms with Crippen molar-refractivity contribution in [3.63, 3.8) is 0 Å². The van der Waals surface area contributed by atoms with Gasteiger partial charge in [-0.05, 0) is 49.6 Å². The molecule has 27 heavy (non-hydrogen) atoms. The molecule has 3 nitrogen and oxygen atoms in total. The van der Waals surface area contributed by atoms with E-state index in [1.54, 1.807) is 25.1 Å². The van der Waals surface area contributed by atoms with Gasteiger partial charge >= 0.3 is 6.18 Å². The van der Waals surface area contributed by atoms with Crippen molar-refractivity contribution < 1.29 is 18.0 Å². The Morgan fingerprint density at radius 1 is 1.00 bits per heavy atom. The van der Waals surface area contributed by atoms with Crippen LogP contribution in [0.1, 0.15) is 47.2 Å². The molecule has 1 aliphatic heterocycles. The molecule has 0 aromatic heterocycles. The van der Waals surface area contributed by atoms with Crippen molar-refractivity contribution in [1.29, 1.82) is 0 Å². The molecule has 0 bridgehead atoms. The molecule has 1 N–H and O–H groups in total. The van der Waals surface area contributed by atoms with E-state index in [4.69, 9.17) is 0 Å². The first-order valence-electron chi connectivity index (χ1n) is 9.19. The van der Waals surface area contributed by atoms with E-state index in [1.165, 1.54) is 6.07 Å². The molecule has 1 fully saturated rings. The summed E-state index contributed by atoms with van der Waals surface area (Å²) >= 11 is 0. The van der Waals surface area contributed by atoms with E-state index in [-0.39, 0.29) is 5.69 Å². The third-order valence-electron chi connectivity index (χ3n) is 4.91. The van der Waals surface area contributed by atoms with Gasteiger partial charge in [-0.2, -0.15) is 13.2 Å². The predicted molar refractivity (Wildman–Crippen MR) is 101 cm³/mol. The summed E-state index contributed by atoms with van der Waals surface area (Å²) in [6.07, 6.45) is -0.248. The maximum Gasteiger partial charge on any atom is 0.416 e. The number of halogens is 3. The number of aryl methyl sites for hydroxylation is 1. The zero-order valence-corrected chi connectivity index (χ0v) is 15.3. The lowest BCUT2D eigenvalue weighted by atomic mass is 10.1. The number of carbonyl (C=O) groups excluding carboxylic acids is 1. The third kappa shape index (κ3) is 4.62. The molecule has 0 saturated carbocycles. The summed E-state index contributed by atoms with van der Waals surface area (Å²) in [6, 6.07) is 10.6. The summed E-state index contributed by atoms with van der Waals surface area (Å²) in [4.78, 5) is 14.8. The van der Waals surface area contributed by atoms with Gasteiger partial charge in [-0.25, -0.2) is 0 Å². The highest BCUT2D eigenvalue weighted by molar-refractivity contribution is 6.06. The lowest BCUT2D eigenvalue weighted by molar-refractivity contribution is -0.137. The van der Waals surface area contributed by atoms with E-state index in [0.29, 0.717) is 11.3 Å². The van der Waals surface area contributed by atoms with E-state index in [1.807, 2.05) is 6.07 Å². The number of carbonyl (C=O) groups is 1. The maximum atomic E-state index is 13.2. The van der Waals surface area contributed by atoms with Gasteiger partial charge in [0.05, 0.1) is 16.9 Å². The Bertz CT molecular complexity index is 809. The van der Waals surface area contributed by atoms with Crippen molar-refractivity contribution in [2.75, 3.05) is 23.3 Å². The van der Waals surface area contributed by atoms with Crippen molar-refractivity contribution in [2.24, 2.45) is 0 Å². The average Bonchev–Trinajstić information content (AvgIpc) is 2.90. The maximum absolute atomic E-state index is 13.2. The van der Waals surface area contributed by atoms with Crippen LogP contribution in [0.2, 0.25) is 0 Å². The monoisotopic (exact) mass is 376 g/mol. The fourth-order valence-electron chi connectivity index (χ4n) is 3.42. The highest BCUT2D eigenvalue weighted by atomic mass is 19.4. The van der Waals surface area contributed by atoms with Crippen molar-refractivity contribution in [3.8, 4) is 0 Å². The minimum Gasteiger partial charge on any atom is -0.370 e. The molecular formula is C21H23F3N2O. The molecule has 2 aromatic carbocycles. The second-order valence-corrected chi connectivity index (χ2v) is 6.90. The molecule has 144 valence electrons. The van der Waals surface area contributed by atoms with Crippen molar-refractivity contribution in [3.05, 3.63) is 59.2 Å². The van der Waals surface area contributed by atoms with Crippen LogP contribution in [0, 0.1) is 6.92 Å². The van der Waals surface area contributed by atoms with Crippen LogP contribution in [-0.2, 0) is 6.18 Å². The van der Waals surface area contributed by atoms with Gasteiger partial charge < -0.3 is 10.2 Å². The van der Waals surface area contributed by atoms with Crippen LogP contribution in [-0.4, -0.2) is 19.0 Å². The number of anilines is 2. The van der Waals surface area contributed by atoms with Gasteiger partial charge in [-0.3, -0.25) is 4.79 Å². The fourth-order valence-corrected chi connectivity index (χ4v) is 3.42. The summed E-state index contributed by atoms with van der Waals surface area (Å²) in [5.41, 5.74) is 1.32. The molecule has 1 aliphatic rings. The van der Waals surface area contributed by atoms with Gasteiger partial charge in [0.2, 0.25) is 0 Å². The van der Waals surface area contributed by atoms with Crippen molar-refractivity contribution >= 4 is 17.3 Å².